The maximum absolute atomic E-state index is 12.8. The molecule has 31 heavy (non-hydrogen) atoms. The lowest BCUT2D eigenvalue weighted by molar-refractivity contribution is -0.141. The number of amides is 1. The van der Waals surface area contributed by atoms with E-state index in [2.05, 4.69) is 10.4 Å². The van der Waals surface area contributed by atoms with Gasteiger partial charge >= 0.3 is 5.97 Å². The molecule has 1 heterocycles. The molecular formula is C25H23N3O3. The van der Waals surface area contributed by atoms with Gasteiger partial charge in [-0.15, -0.1) is 0 Å². The molecule has 6 nitrogen and oxygen atoms in total. The first-order chi connectivity index (χ1) is 15.1. The van der Waals surface area contributed by atoms with Crippen LogP contribution in [0.25, 0.3) is 10.8 Å². The highest BCUT2D eigenvalue weighted by Crippen LogP contribution is 2.18. The first-order valence-electron chi connectivity index (χ1n) is 10.1. The van der Waals surface area contributed by atoms with Gasteiger partial charge < -0.3 is 10.4 Å². The van der Waals surface area contributed by atoms with E-state index >= 15 is 0 Å². The first-order valence-corrected chi connectivity index (χ1v) is 10.1. The third-order valence-corrected chi connectivity index (χ3v) is 5.31. The van der Waals surface area contributed by atoms with Crippen LogP contribution in [0.5, 0.6) is 0 Å². The Bertz CT molecular complexity index is 1200. The molecule has 0 aliphatic rings. The fourth-order valence-electron chi connectivity index (χ4n) is 3.66. The number of carboxylic acids is 1. The van der Waals surface area contributed by atoms with E-state index in [1.807, 2.05) is 66.9 Å². The Morgan fingerprint density at radius 1 is 0.968 bits per heavy atom. The van der Waals surface area contributed by atoms with E-state index in [4.69, 9.17) is 0 Å². The van der Waals surface area contributed by atoms with Gasteiger partial charge in [-0.1, -0.05) is 60.7 Å². The molecule has 1 atom stereocenters. The molecule has 1 amide bonds. The van der Waals surface area contributed by atoms with Crippen LogP contribution in [0.1, 0.15) is 21.5 Å². The number of nitrogens with one attached hydrogen (secondary N) is 1. The van der Waals surface area contributed by atoms with Crippen molar-refractivity contribution < 1.29 is 14.7 Å². The Balaban J connectivity index is 1.44. The summed E-state index contributed by atoms with van der Waals surface area (Å²) in [5, 5.41) is 18.9. The van der Waals surface area contributed by atoms with Crippen molar-refractivity contribution in [2.24, 2.45) is 5.92 Å². The Morgan fingerprint density at radius 3 is 2.52 bits per heavy atom. The highest BCUT2D eigenvalue weighted by atomic mass is 16.4. The van der Waals surface area contributed by atoms with Crippen LogP contribution in [0, 0.1) is 5.92 Å². The zero-order valence-corrected chi connectivity index (χ0v) is 16.9. The maximum atomic E-state index is 12.8. The normalized spacial score (nSPS) is 11.9. The summed E-state index contributed by atoms with van der Waals surface area (Å²) >= 11 is 0. The molecule has 0 bridgehead atoms. The number of aromatic nitrogens is 2. The number of benzene rings is 3. The van der Waals surface area contributed by atoms with Crippen LogP contribution in [-0.2, 0) is 17.8 Å². The van der Waals surface area contributed by atoms with E-state index in [1.54, 1.807) is 23.0 Å². The van der Waals surface area contributed by atoms with Gasteiger partial charge in [-0.05, 0) is 40.5 Å². The molecule has 0 spiro atoms. The number of carbonyl (C=O) groups is 2. The van der Waals surface area contributed by atoms with Crippen LogP contribution in [0.3, 0.4) is 0 Å². The predicted octanol–water partition coefficient (Wildman–Crippen LogP) is 3.76. The van der Waals surface area contributed by atoms with Crippen LogP contribution in [-0.4, -0.2) is 33.3 Å². The number of carboxylic acid groups (broad SMARTS) is 1. The summed E-state index contributed by atoms with van der Waals surface area (Å²) in [4.78, 5) is 24.6. The number of hydrogen-bond donors (Lipinski definition) is 2. The fourth-order valence-corrected chi connectivity index (χ4v) is 3.66. The van der Waals surface area contributed by atoms with Crippen molar-refractivity contribution in [3.05, 3.63) is 102 Å². The van der Waals surface area contributed by atoms with E-state index in [9.17, 15) is 14.7 Å². The van der Waals surface area contributed by atoms with Crippen molar-refractivity contribution in [3.8, 4) is 0 Å². The molecule has 0 saturated carbocycles. The Hall–Kier alpha value is -3.93. The molecule has 3 aromatic carbocycles. The number of fused-ring (bicyclic) bond motifs is 1. The van der Waals surface area contributed by atoms with Crippen molar-refractivity contribution in [1.29, 1.82) is 0 Å². The lowest BCUT2D eigenvalue weighted by atomic mass is 9.97. The zero-order valence-electron chi connectivity index (χ0n) is 16.9. The van der Waals surface area contributed by atoms with E-state index in [0.717, 1.165) is 21.9 Å². The second kappa shape index (κ2) is 9.26. The van der Waals surface area contributed by atoms with Gasteiger partial charge in [-0.25, -0.2) is 0 Å². The molecule has 2 N–H and O–H groups in total. The summed E-state index contributed by atoms with van der Waals surface area (Å²) in [6, 6.07) is 23.0. The third kappa shape index (κ3) is 4.98. The van der Waals surface area contributed by atoms with Crippen molar-refractivity contribution in [2.75, 3.05) is 6.54 Å². The van der Waals surface area contributed by atoms with Crippen molar-refractivity contribution >= 4 is 22.6 Å². The summed E-state index contributed by atoms with van der Waals surface area (Å²) in [7, 11) is 0. The second-order valence-corrected chi connectivity index (χ2v) is 7.49. The molecule has 0 fully saturated rings. The van der Waals surface area contributed by atoms with Crippen LogP contribution < -0.4 is 5.32 Å². The van der Waals surface area contributed by atoms with E-state index in [1.165, 1.54) is 0 Å². The molecule has 0 saturated heterocycles. The van der Waals surface area contributed by atoms with Gasteiger partial charge in [0, 0.05) is 24.5 Å². The number of hydrogen-bond acceptors (Lipinski definition) is 3. The third-order valence-electron chi connectivity index (χ3n) is 5.31. The number of carbonyl (C=O) groups excluding carboxylic acids is 1. The molecule has 6 heteroatoms. The van der Waals surface area contributed by atoms with Gasteiger partial charge in [0.1, 0.15) is 0 Å². The average molecular weight is 413 g/mol. The van der Waals surface area contributed by atoms with Crippen LogP contribution in [0.4, 0.5) is 0 Å². The number of rotatable bonds is 8. The minimum atomic E-state index is -0.932. The van der Waals surface area contributed by atoms with Crippen LogP contribution in [0.2, 0.25) is 0 Å². The highest BCUT2D eigenvalue weighted by Gasteiger charge is 2.20. The highest BCUT2D eigenvalue weighted by molar-refractivity contribution is 5.95. The molecule has 4 aromatic rings. The average Bonchev–Trinajstić information content (AvgIpc) is 3.29. The summed E-state index contributed by atoms with van der Waals surface area (Å²) in [5.41, 5.74) is 2.28. The molecule has 0 unspecified atom stereocenters. The van der Waals surface area contributed by atoms with Gasteiger partial charge in [-0.2, -0.15) is 5.10 Å². The second-order valence-electron chi connectivity index (χ2n) is 7.49. The largest absolute Gasteiger partial charge is 0.481 e. The lowest BCUT2D eigenvalue weighted by Gasteiger charge is -2.15. The van der Waals surface area contributed by atoms with Crippen molar-refractivity contribution in [3.63, 3.8) is 0 Å². The van der Waals surface area contributed by atoms with Crippen LogP contribution in [0.15, 0.2) is 85.2 Å². The number of aliphatic carboxylic acids is 1. The van der Waals surface area contributed by atoms with E-state index in [0.29, 0.717) is 18.5 Å². The minimum Gasteiger partial charge on any atom is -0.481 e. The monoisotopic (exact) mass is 413 g/mol. The molecule has 0 aliphatic heterocycles. The summed E-state index contributed by atoms with van der Waals surface area (Å²) in [6.07, 6.45) is 3.86. The van der Waals surface area contributed by atoms with E-state index in [-0.39, 0.29) is 12.5 Å². The van der Waals surface area contributed by atoms with Crippen molar-refractivity contribution in [1.82, 2.24) is 15.1 Å². The Labute approximate surface area is 180 Å². The van der Waals surface area contributed by atoms with E-state index < -0.39 is 11.9 Å². The predicted molar refractivity (Wildman–Crippen MR) is 119 cm³/mol. The Kier molecular flexibility index (Phi) is 6.08. The molecule has 0 aliphatic carbocycles. The maximum Gasteiger partial charge on any atom is 0.308 e. The van der Waals surface area contributed by atoms with Crippen LogP contribution >= 0.6 is 0 Å². The van der Waals surface area contributed by atoms with Crippen molar-refractivity contribution in [2.45, 2.75) is 13.0 Å². The van der Waals surface area contributed by atoms with Gasteiger partial charge in [-0.3, -0.25) is 14.3 Å². The molecule has 1 aromatic heterocycles. The quantitative estimate of drug-likeness (QED) is 0.461. The first kappa shape index (κ1) is 20.3. The molecular weight excluding hydrogens is 390 g/mol. The van der Waals surface area contributed by atoms with Gasteiger partial charge in [0.2, 0.25) is 0 Å². The zero-order chi connectivity index (χ0) is 21.6. The SMILES string of the molecule is O=C(NC[C@H](Cc1ccc2ccccc2c1)C(=O)O)c1ccccc1Cn1cccn1. The standard InChI is InChI=1S/C25H23N3O3/c29-24(23-9-4-3-8-21(23)17-28-13-5-12-27-28)26-16-22(25(30)31)15-18-10-11-19-6-1-2-7-20(19)14-18/h1-14,22H,15-17H2,(H,26,29)(H,30,31)/t22-/m0/s1. The summed E-state index contributed by atoms with van der Waals surface area (Å²) in [6.45, 7) is 0.521. The Morgan fingerprint density at radius 2 is 1.74 bits per heavy atom. The fraction of sp³-hybridized carbons (Fsp3) is 0.160. The molecule has 0 radical (unpaired) electrons. The summed E-state index contributed by atoms with van der Waals surface area (Å²) < 4.78 is 1.74. The van der Waals surface area contributed by atoms with Gasteiger partial charge in [0.15, 0.2) is 0 Å². The lowest BCUT2D eigenvalue weighted by Crippen LogP contribution is -2.34. The minimum absolute atomic E-state index is 0.0527. The summed E-state index contributed by atoms with van der Waals surface area (Å²) in [5.74, 6) is -1.94. The molecule has 156 valence electrons. The van der Waals surface area contributed by atoms with Gasteiger partial charge in [0.25, 0.3) is 5.91 Å². The number of nitrogens with zero attached hydrogens (tertiary/aromatic N) is 2. The molecule has 4 rings (SSSR count). The topological polar surface area (TPSA) is 84.2 Å². The van der Waals surface area contributed by atoms with Gasteiger partial charge in [0.05, 0.1) is 12.5 Å². The smallest absolute Gasteiger partial charge is 0.308 e.